The molecule has 1 aromatic heterocycles. The summed E-state index contributed by atoms with van der Waals surface area (Å²) in [6.45, 7) is 0.965. The molecule has 0 bridgehead atoms. The molecule has 0 saturated heterocycles. The molecule has 96 valence electrons. The molecule has 3 nitrogen and oxygen atoms in total. The number of benzene rings is 2. The number of aromatic nitrogens is 1. The van der Waals surface area contributed by atoms with E-state index in [0.717, 1.165) is 21.8 Å². The quantitative estimate of drug-likeness (QED) is 0.791. The normalized spacial score (nSPS) is 10.8. The van der Waals surface area contributed by atoms with Crippen LogP contribution in [0.1, 0.15) is 10.6 Å². The molecule has 0 spiro atoms. The van der Waals surface area contributed by atoms with Gasteiger partial charge in [0.2, 0.25) is 0 Å². The maximum atomic E-state index is 5.81. The standard InChI is InChI=1S/C15H14N2OS/c16-9-11-5-1-3-7-13(11)18-10-15-17-12-6-2-4-8-14(12)19-15/h1-8H,9-10,16H2. The van der Waals surface area contributed by atoms with Gasteiger partial charge in [0.05, 0.1) is 10.2 Å². The van der Waals surface area contributed by atoms with Crippen LogP contribution in [-0.4, -0.2) is 4.98 Å². The van der Waals surface area contributed by atoms with Crippen LogP contribution in [0.25, 0.3) is 10.2 Å². The van der Waals surface area contributed by atoms with Crippen molar-refractivity contribution in [1.29, 1.82) is 0 Å². The van der Waals surface area contributed by atoms with Gasteiger partial charge in [-0.15, -0.1) is 11.3 Å². The zero-order valence-electron chi connectivity index (χ0n) is 10.4. The molecular weight excluding hydrogens is 256 g/mol. The van der Waals surface area contributed by atoms with Gasteiger partial charge in [0, 0.05) is 12.1 Å². The lowest BCUT2D eigenvalue weighted by Crippen LogP contribution is -2.02. The monoisotopic (exact) mass is 270 g/mol. The fourth-order valence-electron chi connectivity index (χ4n) is 1.93. The van der Waals surface area contributed by atoms with Gasteiger partial charge in [-0.05, 0) is 18.2 Å². The SMILES string of the molecule is NCc1ccccc1OCc1nc2ccccc2s1. The number of rotatable bonds is 4. The Morgan fingerprint density at radius 3 is 2.68 bits per heavy atom. The lowest BCUT2D eigenvalue weighted by Gasteiger charge is -2.08. The lowest BCUT2D eigenvalue weighted by molar-refractivity contribution is 0.302. The fraction of sp³-hybridized carbons (Fsp3) is 0.133. The summed E-state index contributed by atoms with van der Waals surface area (Å²) in [5.74, 6) is 0.837. The van der Waals surface area contributed by atoms with E-state index in [0.29, 0.717) is 13.2 Å². The molecule has 3 aromatic rings. The Morgan fingerprint density at radius 2 is 1.84 bits per heavy atom. The maximum absolute atomic E-state index is 5.81. The second kappa shape index (κ2) is 5.38. The first-order valence-electron chi connectivity index (χ1n) is 6.12. The number of fused-ring (bicyclic) bond motifs is 1. The van der Waals surface area contributed by atoms with Gasteiger partial charge in [-0.25, -0.2) is 4.98 Å². The summed E-state index contributed by atoms with van der Waals surface area (Å²) in [5, 5.41) is 0.980. The van der Waals surface area contributed by atoms with Gasteiger partial charge in [-0.1, -0.05) is 30.3 Å². The highest BCUT2D eigenvalue weighted by Crippen LogP contribution is 2.24. The van der Waals surface area contributed by atoms with Gasteiger partial charge in [-0.3, -0.25) is 0 Å². The average Bonchev–Trinajstić information content (AvgIpc) is 2.88. The molecule has 4 heteroatoms. The molecule has 0 radical (unpaired) electrons. The van der Waals surface area contributed by atoms with E-state index in [1.54, 1.807) is 11.3 Å². The van der Waals surface area contributed by atoms with Crippen LogP contribution < -0.4 is 10.5 Å². The second-order valence-electron chi connectivity index (χ2n) is 4.18. The van der Waals surface area contributed by atoms with Gasteiger partial charge >= 0.3 is 0 Å². The Kier molecular flexibility index (Phi) is 3.44. The summed E-state index contributed by atoms with van der Waals surface area (Å²) in [6.07, 6.45) is 0. The van der Waals surface area contributed by atoms with Crippen molar-refractivity contribution >= 4 is 21.6 Å². The van der Waals surface area contributed by atoms with E-state index < -0.39 is 0 Å². The second-order valence-corrected chi connectivity index (χ2v) is 5.29. The molecule has 0 amide bonds. The molecule has 19 heavy (non-hydrogen) atoms. The van der Waals surface area contributed by atoms with Gasteiger partial charge in [0.25, 0.3) is 0 Å². The summed E-state index contributed by atoms with van der Waals surface area (Å²) < 4.78 is 7.00. The molecule has 0 atom stereocenters. The molecular formula is C15H14N2OS. The summed E-state index contributed by atoms with van der Waals surface area (Å²) in [4.78, 5) is 4.55. The molecule has 0 aliphatic rings. The lowest BCUT2D eigenvalue weighted by atomic mass is 10.2. The van der Waals surface area contributed by atoms with Crippen molar-refractivity contribution in [2.75, 3.05) is 0 Å². The highest BCUT2D eigenvalue weighted by atomic mass is 32.1. The Balaban J connectivity index is 1.78. The van der Waals surface area contributed by atoms with Crippen LogP contribution in [0.4, 0.5) is 0 Å². The van der Waals surface area contributed by atoms with Crippen LogP contribution in [-0.2, 0) is 13.2 Å². The van der Waals surface area contributed by atoms with Crippen molar-refractivity contribution < 1.29 is 4.74 Å². The molecule has 0 unspecified atom stereocenters. The maximum Gasteiger partial charge on any atom is 0.140 e. The van der Waals surface area contributed by atoms with Gasteiger partial charge in [-0.2, -0.15) is 0 Å². The van der Waals surface area contributed by atoms with Gasteiger partial charge < -0.3 is 10.5 Å². The minimum Gasteiger partial charge on any atom is -0.486 e. The largest absolute Gasteiger partial charge is 0.486 e. The number of hydrogen-bond acceptors (Lipinski definition) is 4. The van der Waals surface area contributed by atoms with Crippen LogP contribution in [0.2, 0.25) is 0 Å². The van der Waals surface area contributed by atoms with E-state index >= 15 is 0 Å². The third-order valence-electron chi connectivity index (χ3n) is 2.88. The third kappa shape index (κ3) is 2.59. The van der Waals surface area contributed by atoms with Crippen LogP contribution >= 0.6 is 11.3 Å². The molecule has 2 N–H and O–H groups in total. The number of thiazole rings is 1. The predicted octanol–water partition coefficient (Wildman–Crippen LogP) is 3.33. The zero-order chi connectivity index (χ0) is 13.1. The summed E-state index contributed by atoms with van der Waals surface area (Å²) >= 11 is 1.66. The van der Waals surface area contributed by atoms with E-state index in [9.17, 15) is 0 Å². The molecule has 1 heterocycles. The number of nitrogens with two attached hydrogens (primary N) is 1. The highest BCUT2D eigenvalue weighted by Gasteiger charge is 2.05. The van der Waals surface area contributed by atoms with Crippen LogP contribution in [0.15, 0.2) is 48.5 Å². The number of nitrogens with zero attached hydrogens (tertiary/aromatic N) is 1. The van der Waals surface area contributed by atoms with E-state index in [-0.39, 0.29) is 0 Å². The van der Waals surface area contributed by atoms with Crippen LogP contribution in [0.3, 0.4) is 0 Å². The highest BCUT2D eigenvalue weighted by molar-refractivity contribution is 7.18. The van der Waals surface area contributed by atoms with Crippen molar-refractivity contribution in [3.63, 3.8) is 0 Å². The fourth-order valence-corrected chi connectivity index (χ4v) is 2.81. The Bertz CT molecular complexity index is 660. The van der Waals surface area contributed by atoms with Crippen molar-refractivity contribution in [3.8, 4) is 5.75 Å². The van der Waals surface area contributed by atoms with Gasteiger partial charge in [0.1, 0.15) is 17.4 Å². The van der Waals surface area contributed by atoms with Crippen molar-refractivity contribution in [2.45, 2.75) is 13.2 Å². The minimum absolute atomic E-state index is 0.482. The Hall–Kier alpha value is -1.91. The Morgan fingerprint density at radius 1 is 1.05 bits per heavy atom. The molecule has 0 aliphatic heterocycles. The molecule has 2 aromatic carbocycles. The smallest absolute Gasteiger partial charge is 0.140 e. The molecule has 0 saturated carbocycles. The summed E-state index contributed by atoms with van der Waals surface area (Å²) in [5.41, 5.74) is 7.73. The molecule has 0 aliphatic carbocycles. The predicted molar refractivity (Wildman–Crippen MR) is 78.3 cm³/mol. The van der Waals surface area contributed by atoms with Crippen LogP contribution in [0, 0.1) is 0 Å². The zero-order valence-corrected chi connectivity index (χ0v) is 11.2. The Labute approximate surface area is 115 Å². The van der Waals surface area contributed by atoms with E-state index in [2.05, 4.69) is 11.1 Å². The first kappa shape index (κ1) is 12.1. The van der Waals surface area contributed by atoms with Crippen molar-refractivity contribution in [1.82, 2.24) is 4.98 Å². The average molecular weight is 270 g/mol. The van der Waals surface area contributed by atoms with Gasteiger partial charge in [0.15, 0.2) is 0 Å². The van der Waals surface area contributed by atoms with E-state index in [1.807, 2.05) is 42.5 Å². The number of hydrogen-bond donors (Lipinski definition) is 1. The van der Waals surface area contributed by atoms with E-state index in [4.69, 9.17) is 10.5 Å². The number of ether oxygens (including phenoxy) is 1. The third-order valence-corrected chi connectivity index (χ3v) is 3.89. The molecule has 3 rings (SSSR count). The summed E-state index contributed by atoms with van der Waals surface area (Å²) in [6, 6.07) is 15.9. The minimum atomic E-state index is 0.482. The topological polar surface area (TPSA) is 48.1 Å². The molecule has 0 fully saturated rings. The van der Waals surface area contributed by atoms with Crippen molar-refractivity contribution in [3.05, 3.63) is 59.1 Å². The van der Waals surface area contributed by atoms with Crippen molar-refractivity contribution in [2.24, 2.45) is 5.73 Å². The first-order chi connectivity index (χ1) is 9.36. The first-order valence-corrected chi connectivity index (χ1v) is 6.93. The van der Waals surface area contributed by atoms with E-state index in [1.165, 1.54) is 4.70 Å². The van der Waals surface area contributed by atoms with Crippen LogP contribution in [0.5, 0.6) is 5.75 Å². The number of para-hydroxylation sites is 2. The summed E-state index contributed by atoms with van der Waals surface area (Å²) in [7, 11) is 0.